The number of fused-ring (bicyclic) bond motifs is 1. The highest BCUT2D eigenvalue weighted by atomic mass is 16.5. The van der Waals surface area contributed by atoms with Crippen molar-refractivity contribution in [1.29, 1.82) is 0 Å². The molecule has 0 radical (unpaired) electrons. The van der Waals surface area contributed by atoms with Gasteiger partial charge in [0.25, 0.3) is 0 Å². The molecule has 0 aliphatic rings. The molecule has 0 unspecified atom stereocenters. The number of hydroxylamine groups is 1. The second kappa shape index (κ2) is 5.78. The number of carboxylic acids is 1. The van der Waals surface area contributed by atoms with Crippen LogP contribution in [0.2, 0.25) is 0 Å². The molecule has 0 saturated carbocycles. The fourth-order valence-electron chi connectivity index (χ4n) is 2.11. The number of hydrogen-bond donors (Lipinski definition) is 5. The summed E-state index contributed by atoms with van der Waals surface area (Å²) >= 11 is 0. The number of benzene rings is 2. The van der Waals surface area contributed by atoms with Crippen LogP contribution in [0.4, 0.5) is 5.69 Å². The molecule has 8 nitrogen and oxygen atoms in total. The van der Waals surface area contributed by atoms with E-state index in [0.29, 0.717) is 16.6 Å². The molecule has 0 spiro atoms. The Morgan fingerprint density at radius 2 is 1.91 bits per heavy atom. The number of nitrogens with zero attached hydrogens (tertiary/aromatic N) is 2. The first-order valence-corrected chi connectivity index (χ1v) is 6.58. The van der Waals surface area contributed by atoms with Gasteiger partial charge in [0.1, 0.15) is 11.4 Å². The van der Waals surface area contributed by atoms with Crippen LogP contribution >= 0.6 is 0 Å². The number of amidine groups is 1. The number of aliphatic imine (C=N–C) groups is 1. The molecule has 3 rings (SSSR count). The molecule has 0 atom stereocenters. The summed E-state index contributed by atoms with van der Waals surface area (Å²) in [5, 5.41) is 35.0. The van der Waals surface area contributed by atoms with Gasteiger partial charge in [0.15, 0.2) is 5.84 Å². The predicted octanol–water partition coefficient (Wildman–Crippen LogP) is 2.02. The normalized spacial score (nSPS) is 11.6. The number of rotatable bonds is 3. The second-order valence-electron chi connectivity index (χ2n) is 4.73. The Labute approximate surface area is 129 Å². The van der Waals surface area contributed by atoms with Crippen LogP contribution in [0, 0.1) is 0 Å². The number of aromatic carboxylic acids is 1. The lowest BCUT2D eigenvalue weighted by atomic mass is 10.1. The Morgan fingerprint density at radius 3 is 2.57 bits per heavy atom. The number of phenolic OH excluding ortho intramolecular Hbond substituents is 1. The number of nitrogens with one attached hydrogen (secondary N) is 2. The predicted molar refractivity (Wildman–Crippen MR) is 82.3 cm³/mol. The third-order valence-corrected chi connectivity index (χ3v) is 3.23. The molecular weight excluding hydrogens is 300 g/mol. The molecule has 5 N–H and O–H groups in total. The lowest BCUT2D eigenvalue weighted by Crippen LogP contribution is -2.20. The van der Waals surface area contributed by atoms with E-state index in [0.717, 1.165) is 0 Å². The van der Waals surface area contributed by atoms with E-state index >= 15 is 0 Å². The minimum atomic E-state index is -1.06. The number of hydrogen-bond acceptors (Lipinski definition) is 5. The van der Waals surface area contributed by atoms with E-state index in [2.05, 4.69) is 15.2 Å². The lowest BCUT2D eigenvalue weighted by Gasteiger charge is -2.03. The monoisotopic (exact) mass is 312 g/mol. The molecule has 3 aromatic rings. The first-order chi connectivity index (χ1) is 11.1. The minimum absolute atomic E-state index is 0.0458. The second-order valence-corrected chi connectivity index (χ2v) is 4.73. The van der Waals surface area contributed by atoms with Gasteiger partial charge in [-0.15, -0.1) is 0 Å². The van der Waals surface area contributed by atoms with Gasteiger partial charge in [-0.1, -0.05) is 0 Å². The van der Waals surface area contributed by atoms with Gasteiger partial charge in [-0.3, -0.25) is 15.8 Å². The van der Waals surface area contributed by atoms with Crippen molar-refractivity contribution in [2.24, 2.45) is 4.99 Å². The van der Waals surface area contributed by atoms with E-state index < -0.39 is 5.97 Å². The Kier molecular flexibility index (Phi) is 3.65. The van der Waals surface area contributed by atoms with Gasteiger partial charge in [-0.05, 0) is 42.5 Å². The summed E-state index contributed by atoms with van der Waals surface area (Å²) in [6.07, 6.45) is 0. The van der Waals surface area contributed by atoms with Crippen LogP contribution in [0.3, 0.4) is 0 Å². The van der Waals surface area contributed by atoms with Crippen LogP contribution in [-0.4, -0.2) is 37.4 Å². The molecule has 1 aromatic heterocycles. The van der Waals surface area contributed by atoms with Gasteiger partial charge in [0.2, 0.25) is 0 Å². The van der Waals surface area contributed by atoms with Crippen molar-refractivity contribution in [1.82, 2.24) is 15.7 Å². The average Bonchev–Trinajstić information content (AvgIpc) is 2.97. The van der Waals surface area contributed by atoms with Gasteiger partial charge in [-0.25, -0.2) is 9.79 Å². The maximum atomic E-state index is 11.1. The van der Waals surface area contributed by atoms with Crippen molar-refractivity contribution >= 4 is 28.4 Å². The van der Waals surface area contributed by atoms with Crippen molar-refractivity contribution in [3.05, 3.63) is 53.7 Å². The highest BCUT2D eigenvalue weighted by Gasteiger charge is 2.14. The highest BCUT2D eigenvalue weighted by molar-refractivity contribution is 6.09. The topological polar surface area (TPSA) is 131 Å². The van der Waals surface area contributed by atoms with Gasteiger partial charge in [0.05, 0.1) is 16.8 Å². The summed E-state index contributed by atoms with van der Waals surface area (Å²) in [5.74, 6) is -0.920. The molecular formula is C15H12N4O4. The maximum absolute atomic E-state index is 11.1. The van der Waals surface area contributed by atoms with E-state index in [1.54, 1.807) is 18.2 Å². The van der Waals surface area contributed by atoms with Crippen LogP contribution in [0.15, 0.2) is 47.5 Å². The van der Waals surface area contributed by atoms with Crippen LogP contribution in [0.5, 0.6) is 5.75 Å². The molecule has 2 aromatic carbocycles. The minimum Gasteiger partial charge on any atom is -0.508 e. The third kappa shape index (κ3) is 2.83. The number of H-pyrrole nitrogens is 1. The zero-order valence-corrected chi connectivity index (χ0v) is 11.7. The van der Waals surface area contributed by atoms with Crippen LogP contribution in [0.1, 0.15) is 16.1 Å². The first kappa shape index (κ1) is 14.5. The number of aromatic amines is 1. The van der Waals surface area contributed by atoms with Gasteiger partial charge in [0, 0.05) is 5.39 Å². The fourth-order valence-corrected chi connectivity index (χ4v) is 2.11. The van der Waals surface area contributed by atoms with E-state index in [4.69, 9.17) is 5.11 Å². The molecule has 0 saturated heterocycles. The van der Waals surface area contributed by atoms with Crippen molar-refractivity contribution in [2.45, 2.75) is 0 Å². The zero-order chi connectivity index (χ0) is 16.4. The number of aromatic nitrogens is 2. The van der Waals surface area contributed by atoms with Crippen molar-refractivity contribution < 1.29 is 20.2 Å². The van der Waals surface area contributed by atoms with Crippen molar-refractivity contribution in [3.63, 3.8) is 0 Å². The number of carboxylic acid groups (broad SMARTS) is 1. The van der Waals surface area contributed by atoms with Gasteiger partial charge in [-0.2, -0.15) is 5.10 Å². The molecule has 1 heterocycles. The van der Waals surface area contributed by atoms with E-state index in [9.17, 15) is 15.1 Å². The number of phenols is 1. The quantitative estimate of drug-likeness (QED) is 0.286. The SMILES string of the molecule is O=C(O)c1ccc2[nH]nc(C(=Nc3ccc(O)cc3)NO)c2c1. The Balaban J connectivity index is 2.10. The number of aromatic hydroxyl groups is 1. The van der Waals surface area contributed by atoms with Crippen molar-refractivity contribution in [2.75, 3.05) is 0 Å². The number of carbonyl (C=O) groups is 1. The Morgan fingerprint density at radius 1 is 1.17 bits per heavy atom. The Bertz CT molecular complexity index is 899. The first-order valence-electron chi connectivity index (χ1n) is 6.58. The summed E-state index contributed by atoms with van der Waals surface area (Å²) in [5.41, 5.74) is 3.43. The lowest BCUT2D eigenvalue weighted by molar-refractivity contribution is 0.0697. The van der Waals surface area contributed by atoms with Gasteiger partial charge >= 0.3 is 5.97 Å². The molecule has 0 amide bonds. The van der Waals surface area contributed by atoms with Crippen LogP contribution in [0.25, 0.3) is 10.9 Å². The average molecular weight is 312 g/mol. The largest absolute Gasteiger partial charge is 0.508 e. The molecule has 0 aliphatic carbocycles. The van der Waals surface area contributed by atoms with Crippen molar-refractivity contribution in [3.8, 4) is 5.75 Å². The Hall–Kier alpha value is -3.39. The van der Waals surface area contributed by atoms with Crippen LogP contribution in [-0.2, 0) is 0 Å². The summed E-state index contributed by atoms with van der Waals surface area (Å²) in [4.78, 5) is 15.3. The molecule has 116 valence electrons. The van der Waals surface area contributed by atoms with Gasteiger partial charge < -0.3 is 10.2 Å². The summed E-state index contributed by atoms with van der Waals surface area (Å²) in [6, 6.07) is 10.5. The highest BCUT2D eigenvalue weighted by Crippen LogP contribution is 2.21. The molecule has 23 heavy (non-hydrogen) atoms. The van der Waals surface area contributed by atoms with E-state index in [1.165, 1.54) is 24.3 Å². The maximum Gasteiger partial charge on any atom is 0.335 e. The van der Waals surface area contributed by atoms with E-state index in [-0.39, 0.29) is 22.8 Å². The summed E-state index contributed by atoms with van der Waals surface area (Å²) in [6.45, 7) is 0. The molecule has 0 fully saturated rings. The summed E-state index contributed by atoms with van der Waals surface area (Å²) < 4.78 is 0. The third-order valence-electron chi connectivity index (χ3n) is 3.23. The molecule has 8 heteroatoms. The smallest absolute Gasteiger partial charge is 0.335 e. The standard InChI is InChI=1S/C15H12N4O4/c20-10-4-2-9(3-5-10)16-14(19-23)13-11-7-8(15(21)22)1-6-12(11)17-18-13/h1-7,20,23H,(H,16,19)(H,17,18)(H,21,22). The summed E-state index contributed by atoms with van der Waals surface area (Å²) in [7, 11) is 0. The fraction of sp³-hybridized carbons (Fsp3) is 0. The van der Waals surface area contributed by atoms with Crippen LogP contribution < -0.4 is 5.48 Å². The zero-order valence-electron chi connectivity index (χ0n) is 11.7. The van der Waals surface area contributed by atoms with E-state index in [1.807, 2.05) is 5.48 Å². The molecule has 0 aliphatic heterocycles. The molecule has 0 bridgehead atoms.